The van der Waals surface area contributed by atoms with Crippen LogP contribution in [0.15, 0.2) is 18.3 Å². The predicted octanol–water partition coefficient (Wildman–Crippen LogP) is 2.60. The van der Waals surface area contributed by atoms with Gasteiger partial charge < -0.3 is 9.80 Å². The van der Waals surface area contributed by atoms with Crippen LogP contribution in [0.5, 0.6) is 0 Å². The Bertz CT molecular complexity index is 356. The summed E-state index contributed by atoms with van der Waals surface area (Å²) < 4.78 is 0. The van der Waals surface area contributed by atoms with Crippen LogP contribution < -0.4 is 4.90 Å². The Labute approximate surface area is 115 Å². The summed E-state index contributed by atoms with van der Waals surface area (Å²) in [5.41, 5.74) is 1.09. The molecule has 0 amide bonds. The molecule has 4 heteroatoms. The standard InChI is InChI=1S/C14H22ClN3/c1-17(2)11-12-5-7-18(8-6-12)14-4-3-13(9-15)10-16-14/h3-4,10,12H,5-9,11H2,1-2H3. The van der Waals surface area contributed by atoms with Gasteiger partial charge in [0.05, 0.1) is 0 Å². The summed E-state index contributed by atoms with van der Waals surface area (Å²) in [5, 5.41) is 0. The van der Waals surface area contributed by atoms with Gasteiger partial charge in [0.15, 0.2) is 0 Å². The summed E-state index contributed by atoms with van der Waals surface area (Å²) in [7, 11) is 4.30. The highest BCUT2D eigenvalue weighted by atomic mass is 35.5. The fourth-order valence-corrected chi connectivity index (χ4v) is 2.70. The Morgan fingerprint density at radius 1 is 1.33 bits per heavy atom. The zero-order valence-corrected chi connectivity index (χ0v) is 12.0. The van der Waals surface area contributed by atoms with Crippen molar-refractivity contribution in [3.05, 3.63) is 23.9 Å². The molecule has 0 unspecified atom stereocenters. The Morgan fingerprint density at radius 3 is 2.56 bits per heavy atom. The van der Waals surface area contributed by atoms with Gasteiger partial charge in [0.2, 0.25) is 0 Å². The fourth-order valence-electron chi connectivity index (χ4n) is 2.54. The molecule has 2 heterocycles. The summed E-state index contributed by atoms with van der Waals surface area (Å²) >= 11 is 5.77. The Hall–Kier alpha value is -0.800. The van der Waals surface area contributed by atoms with Crippen LogP contribution in [0.3, 0.4) is 0 Å². The van der Waals surface area contributed by atoms with Crippen molar-refractivity contribution in [3.8, 4) is 0 Å². The van der Waals surface area contributed by atoms with E-state index in [0.717, 1.165) is 30.4 Å². The van der Waals surface area contributed by atoms with Gasteiger partial charge in [-0.05, 0) is 44.5 Å². The van der Waals surface area contributed by atoms with Crippen molar-refractivity contribution in [1.82, 2.24) is 9.88 Å². The molecule has 0 atom stereocenters. The van der Waals surface area contributed by atoms with Crippen LogP contribution >= 0.6 is 11.6 Å². The predicted molar refractivity (Wildman–Crippen MR) is 77.3 cm³/mol. The minimum atomic E-state index is 0.540. The average Bonchev–Trinajstić information content (AvgIpc) is 2.39. The number of aromatic nitrogens is 1. The van der Waals surface area contributed by atoms with E-state index in [1.54, 1.807) is 0 Å². The first-order valence-corrected chi connectivity index (χ1v) is 7.13. The van der Waals surface area contributed by atoms with E-state index in [9.17, 15) is 0 Å². The molecule has 1 aliphatic rings. The molecule has 0 N–H and O–H groups in total. The molecule has 0 spiro atoms. The molecule has 100 valence electrons. The lowest BCUT2D eigenvalue weighted by molar-refractivity contribution is 0.284. The highest BCUT2D eigenvalue weighted by molar-refractivity contribution is 6.17. The third-order valence-electron chi connectivity index (χ3n) is 3.53. The number of rotatable bonds is 4. The first kappa shape index (κ1) is 13.6. The van der Waals surface area contributed by atoms with Gasteiger partial charge in [0.25, 0.3) is 0 Å². The van der Waals surface area contributed by atoms with Crippen molar-refractivity contribution >= 4 is 17.4 Å². The number of piperidine rings is 1. The molecule has 0 saturated carbocycles. The SMILES string of the molecule is CN(C)CC1CCN(c2ccc(CCl)cn2)CC1. The second kappa shape index (κ2) is 6.39. The summed E-state index contributed by atoms with van der Waals surface area (Å²) in [6, 6.07) is 4.16. The summed E-state index contributed by atoms with van der Waals surface area (Å²) in [6.07, 6.45) is 4.41. The molecule has 0 aliphatic carbocycles. The average molecular weight is 268 g/mol. The molecule has 1 aliphatic heterocycles. The van der Waals surface area contributed by atoms with Crippen LogP contribution in [0.4, 0.5) is 5.82 Å². The van der Waals surface area contributed by atoms with E-state index in [-0.39, 0.29) is 0 Å². The molecule has 1 aromatic heterocycles. The van der Waals surface area contributed by atoms with Gasteiger partial charge in [-0.15, -0.1) is 11.6 Å². The van der Waals surface area contributed by atoms with Crippen LogP contribution in [0.25, 0.3) is 0 Å². The maximum absolute atomic E-state index is 5.77. The van der Waals surface area contributed by atoms with Crippen LogP contribution in [-0.4, -0.2) is 43.6 Å². The van der Waals surface area contributed by atoms with Crippen LogP contribution in [0.2, 0.25) is 0 Å². The Balaban J connectivity index is 1.88. The van der Waals surface area contributed by atoms with Crippen LogP contribution in [0, 0.1) is 5.92 Å². The molecule has 0 radical (unpaired) electrons. The molecular formula is C14H22ClN3. The molecule has 1 fully saturated rings. The Kier molecular flexibility index (Phi) is 4.84. The second-order valence-electron chi connectivity index (χ2n) is 5.35. The molecule has 0 aromatic carbocycles. The lowest BCUT2D eigenvalue weighted by atomic mass is 9.96. The van der Waals surface area contributed by atoms with Gasteiger partial charge in [-0.2, -0.15) is 0 Å². The van der Waals surface area contributed by atoms with Gasteiger partial charge in [-0.3, -0.25) is 0 Å². The highest BCUT2D eigenvalue weighted by Gasteiger charge is 2.20. The second-order valence-corrected chi connectivity index (χ2v) is 5.62. The normalized spacial score (nSPS) is 17.4. The molecule has 18 heavy (non-hydrogen) atoms. The van der Waals surface area contributed by atoms with Crippen LogP contribution in [0.1, 0.15) is 18.4 Å². The Morgan fingerprint density at radius 2 is 2.06 bits per heavy atom. The van der Waals surface area contributed by atoms with Crippen LogP contribution in [-0.2, 0) is 5.88 Å². The smallest absolute Gasteiger partial charge is 0.128 e. The zero-order valence-electron chi connectivity index (χ0n) is 11.3. The highest BCUT2D eigenvalue weighted by Crippen LogP contribution is 2.22. The van der Waals surface area contributed by atoms with E-state index in [1.807, 2.05) is 6.20 Å². The fraction of sp³-hybridized carbons (Fsp3) is 0.643. The van der Waals surface area contributed by atoms with E-state index >= 15 is 0 Å². The minimum absolute atomic E-state index is 0.540. The molecule has 1 aromatic rings. The number of anilines is 1. The number of halogens is 1. The van der Waals surface area contributed by atoms with Gasteiger partial charge >= 0.3 is 0 Å². The van der Waals surface area contributed by atoms with E-state index in [4.69, 9.17) is 11.6 Å². The first-order chi connectivity index (χ1) is 8.69. The van der Waals surface area contributed by atoms with Crippen molar-refractivity contribution in [2.24, 2.45) is 5.92 Å². The maximum atomic E-state index is 5.77. The third-order valence-corrected chi connectivity index (χ3v) is 3.83. The first-order valence-electron chi connectivity index (χ1n) is 6.59. The third kappa shape index (κ3) is 3.59. The maximum Gasteiger partial charge on any atom is 0.128 e. The number of alkyl halides is 1. The number of hydrogen-bond acceptors (Lipinski definition) is 3. The monoisotopic (exact) mass is 267 g/mol. The summed E-state index contributed by atoms with van der Waals surface area (Å²) in [5.74, 6) is 2.46. The van der Waals surface area contributed by atoms with E-state index in [2.05, 4.69) is 41.0 Å². The lowest BCUT2D eigenvalue weighted by Crippen LogP contribution is -2.37. The number of pyridine rings is 1. The molecular weight excluding hydrogens is 246 g/mol. The van der Waals surface area contributed by atoms with Crippen molar-refractivity contribution in [2.75, 3.05) is 38.6 Å². The summed E-state index contributed by atoms with van der Waals surface area (Å²) in [4.78, 5) is 9.15. The molecule has 1 saturated heterocycles. The summed E-state index contributed by atoms with van der Waals surface area (Å²) in [6.45, 7) is 3.43. The van der Waals surface area contributed by atoms with E-state index in [1.165, 1.54) is 19.4 Å². The lowest BCUT2D eigenvalue weighted by Gasteiger charge is -2.34. The van der Waals surface area contributed by atoms with Gasteiger partial charge in [-0.25, -0.2) is 4.98 Å². The number of nitrogens with zero attached hydrogens (tertiary/aromatic N) is 3. The van der Waals surface area contributed by atoms with Crippen molar-refractivity contribution in [2.45, 2.75) is 18.7 Å². The topological polar surface area (TPSA) is 19.4 Å². The van der Waals surface area contributed by atoms with E-state index < -0.39 is 0 Å². The number of hydrogen-bond donors (Lipinski definition) is 0. The quantitative estimate of drug-likeness (QED) is 0.782. The minimum Gasteiger partial charge on any atom is -0.357 e. The van der Waals surface area contributed by atoms with E-state index in [0.29, 0.717) is 5.88 Å². The molecule has 3 nitrogen and oxygen atoms in total. The van der Waals surface area contributed by atoms with Crippen molar-refractivity contribution in [3.63, 3.8) is 0 Å². The molecule has 0 bridgehead atoms. The van der Waals surface area contributed by atoms with Gasteiger partial charge in [0, 0.05) is 31.7 Å². The largest absolute Gasteiger partial charge is 0.357 e. The van der Waals surface area contributed by atoms with Gasteiger partial charge in [0.1, 0.15) is 5.82 Å². The zero-order chi connectivity index (χ0) is 13.0. The van der Waals surface area contributed by atoms with Gasteiger partial charge in [-0.1, -0.05) is 6.07 Å². The van der Waals surface area contributed by atoms with Crippen molar-refractivity contribution in [1.29, 1.82) is 0 Å². The molecule has 2 rings (SSSR count). The van der Waals surface area contributed by atoms with Crippen molar-refractivity contribution < 1.29 is 0 Å².